The summed E-state index contributed by atoms with van der Waals surface area (Å²) in [6.45, 7) is 12.6. The molecular weight excluding hydrogens is 402 g/mol. The number of nitrogens with one attached hydrogen (secondary N) is 1. The third-order valence-corrected chi connectivity index (χ3v) is 5.86. The first-order valence-electron chi connectivity index (χ1n) is 10.1. The summed E-state index contributed by atoms with van der Waals surface area (Å²) in [5.74, 6) is 1.13. The molecular formula is C21H31N5O3S. The number of rotatable bonds is 5. The Hall–Kier alpha value is -2.26. The van der Waals surface area contributed by atoms with E-state index >= 15 is 0 Å². The molecule has 1 N–H and O–H groups in total. The summed E-state index contributed by atoms with van der Waals surface area (Å²) in [5, 5.41) is 3.73. The average Bonchev–Trinajstić information content (AvgIpc) is 2.92. The van der Waals surface area contributed by atoms with Crippen molar-refractivity contribution in [1.82, 2.24) is 14.5 Å². The normalized spacial score (nSPS) is 14.7. The smallest absolute Gasteiger partial charge is 0.413 e. The standard InChI is InChI=1S/C21H31N5O3S/c1-14-15(2)25(6)19(22-14)30-13-16-11-17(26-7-9-28-10-8-26)12-18(23-16)24-20(27)29-21(3,4)5/h11-12H,7-10,13H2,1-6H3,(H,23,24,27). The van der Waals surface area contributed by atoms with Gasteiger partial charge in [-0.25, -0.2) is 14.8 Å². The van der Waals surface area contributed by atoms with E-state index in [-0.39, 0.29) is 0 Å². The molecule has 1 aliphatic heterocycles. The van der Waals surface area contributed by atoms with E-state index in [1.54, 1.807) is 11.8 Å². The molecule has 1 amide bonds. The summed E-state index contributed by atoms with van der Waals surface area (Å²) in [6.07, 6.45) is -0.511. The minimum atomic E-state index is -0.571. The zero-order chi connectivity index (χ0) is 21.9. The van der Waals surface area contributed by atoms with Gasteiger partial charge in [0.1, 0.15) is 11.4 Å². The van der Waals surface area contributed by atoms with Crippen molar-refractivity contribution in [3.8, 4) is 0 Å². The summed E-state index contributed by atoms with van der Waals surface area (Å²) >= 11 is 1.63. The molecule has 0 aliphatic carbocycles. The largest absolute Gasteiger partial charge is 0.444 e. The second-order valence-electron chi connectivity index (χ2n) is 8.34. The Labute approximate surface area is 182 Å². The second kappa shape index (κ2) is 9.26. The maximum atomic E-state index is 12.3. The molecule has 3 heterocycles. The quantitative estimate of drug-likeness (QED) is 0.716. The van der Waals surface area contributed by atoms with Crippen LogP contribution in [0.25, 0.3) is 0 Å². The number of amides is 1. The maximum Gasteiger partial charge on any atom is 0.413 e. The van der Waals surface area contributed by atoms with Crippen LogP contribution in [0, 0.1) is 13.8 Å². The van der Waals surface area contributed by atoms with Crippen LogP contribution in [0.2, 0.25) is 0 Å². The Morgan fingerprint density at radius 1 is 1.23 bits per heavy atom. The van der Waals surface area contributed by atoms with E-state index in [9.17, 15) is 4.79 Å². The molecule has 0 atom stereocenters. The van der Waals surface area contributed by atoms with Crippen molar-refractivity contribution in [3.05, 3.63) is 29.2 Å². The number of morpholine rings is 1. The molecule has 2 aromatic heterocycles. The number of nitrogens with zero attached hydrogens (tertiary/aromatic N) is 4. The summed E-state index contributed by atoms with van der Waals surface area (Å²) < 4.78 is 12.9. The molecule has 0 aromatic carbocycles. The van der Waals surface area contributed by atoms with E-state index in [1.165, 1.54) is 0 Å². The number of carbonyl (C=O) groups excluding carboxylic acids is 1. The monoisotopic (exact) mass is 433 g/mol. The molecule has 3 rings (SSSR count). The van der Waals surface area contributed by atoms with Crippen LogP contribution in [-0.2, 0) is 22.3 Å². The highest BCUT2D eigenvalue weighted by Gasteiger charge is 2.19. The maximum absolute atomic E-state index is 12.3. The molecule has 2 aromatic rings. The fraction of sp³-hybridized carbons (Fsp3) is 0.571. The summed E-state index contributed by atoms with van der Waals surface area (Å²) in [5.41, 5.74) is 3.50. The predicted molar refractivity (Wildman–Crippen MR) is 119 cm³/mol. The summed E-state index contributed by atoms with van der Waals surface area (Å²) in [7, 11) is 2.02. The first kappa shape index (κ1) is 22.4. The number of carbonyl (C=O) groups is 1. The van der Waals surface area contributed by atoms with Crippen molar-refractivity contribution in [1.29, 1.82) is 0 Å². The molecule has 1 fully saturated rings. The minimum Gasteiger partial charge on any atom is -0.444 e. The van der Waals surface area contributed by atoms with Crippen LogP contribution in [0.4, 0.5) is 16.3 Å². The van der Waals surface area contributed by atoms with Crippen LogP contribution < -0.4 is 10.2 Å². The number of hydrogen-bond acceptors (Lipinski definition) is 7. The predicted octanol–water partition coefficient (Wildman–Crippen LogP) is 3.91. The van der Waals surface area contributed by atoms with Crippen molar-refractivity contribution in [2.24, 2.45) is 7.05 Å². The van der Waals surface area contributed by atoms with Gasteiger partial charge in [0.25, 0.3) is 0 Å². The fourth-order valence-corrected chi connectivity index (χ4v) is 4.03. The molecule has 0 radical (unpaired) electrons. The van der Waals surface area contributed by atoms with E-state index in [0.717, 1.165) is 41.0 Å². The van der Waals surface area contributed by atoms with Crippen molar-refractivity contribution < 1.29 is 14.3 Å². The molecule has 0 bridgehead atoms. The number of aromatic nitrogens is 3. The van der Waals surface area contributed by atoms with E-state index in [2.05, 4.69) is 37.7 Å². The highest BCUT2D eigenvalue weighted by Crippen LogP contribution is 2.27. The summed E-state index contributed by atoms with van der Waals surface area (Å²) in [4.78, 5) is 23.8. The molecule has 1 aliphatic rings. The number of pyridine rings is 1. The summed E-state index contributed by atoms with van der Waals surface area (Å²) in [6, 6.07) is 3.96. The molecule has 0 unspecified atom stereocenters. The van der Waals surface area contributed by atoms with Gasteiger partial charge in [-0.1, -0.05) is 11.8 Å². The van der Waals surface area contributed by atoms with Crippen LogP contribution in [0.15, 0.2) is 17.3 Å². The molecule has 164 valence electrons. The SMILES string of the molecule is Cc1nc(SCc2cc(N3CCOCC3)cc(NC(=O)OC(C)(C)C)n2)n(C)c1C. The van der Waals surface area contributed by atoms with E-state index in [4.69, 9.17) is 9.47 Å². The highest BCUT2D eigenvalue weighted by atomic mass is 32.2. The number of anilines is 2. The fourth-order valence-electron chi connectivity index (χ4n) is 3.08. The van der Waals surface area contributed by atoms with Gasteiger partial charge in [-0.05, 0) is 40.7 Å². The van der Waals surface area contributed by atoms with Gasteiger partial charge >= 0.3 is 6.09 Å². The van der Waals surface area contributed by atoms with Gasteiger partial charge in [0.2, 0.25) is 0 Å². The lowest BCUT2D eigenvalue weighted by molar-refractivity contribution is 0.0635. The highest BCUT2D eigenvalue weighted by molar-refractivity contribution is 7.98. The lowest BCUT2D eigenvalue weighted by atomic mass is 10.2. The van der Waals surface area contributed by atoms with Gasteiger partial charge < -0.3 is 18.9 Å². The third-order valence-electron chi connectivity index (χ3n) is 4.79. The van der Waals surface area contributed by atoms with Crippen LogP contribution in [0.3, 0.4) is 0 Å². The van der Waals surface area contributed by atoms with Gasteiger partial charge in [0, 0.05) is 43.3 Å². The van der Waals surface area contributed by atoms with Crippen LogP contribution in [0.1, 0.15) is 37.9 Å². The molecule has 1 saturated heterocycles. The van der Waals surface area contributed by atoms with Crippen molar-refractivity contribution in [3.63, 3.8) is 0 Å². The minimum absolute atomic E-state index is 0.482. The van der Waals surface area contributed by atoms with Gasteiger partial charge in [-0.2, -0.15) is 0 Å². The topological polar surface area (TPSA) is 81.5 Å². The molecule has 0 saturated carbocycles. The van der Waals surface area contributed by atoms with E-state index < -0.39 is 11.7 Å². The van der Waals surface area contributed by atoms with Gasteiger partial charge in [0.15, 0.2) is 5.16 Å². The number of thioether (sulfide) groups is 1. The molecule has 8 nitrogen and oxygen atoms in total. The Balaban J connectivity index is 1.81. The van der Waals surface area contributed by atoms with Gasteiger partial charge in [-0.3, -0.25) is 5.32 Å². The van der Waals surface area contributed by atoms with Crippen molar-refractivity contribution >= 4 is 29.4 Å². The average molecular weight is 434 g/mol. The Morgan fingerprint density at radius 3 is 2.53 bits per heavy atom. The number of imidazole rings is 1. The van der Waals surface area contributed by atoms with E-state index in [1.807, 2.05) is 40.8 Å². The number of hydrogen-bond donors (Lipinski definition) is 1. The second-order valence-corrected chi connectivity index (χ2v) is 9.28. The van der Waals surface area contributed by atoms with Crippen molar-refractivity contribution in [2.45, 2.75) is 51.1 Å². The Bertz CT molecular complexity index is 901. The van der Waals surface area contributed by atoms with Crippen LogP contribution in [-0.4, -0.2) is 52.5 Å². The third kappa shape index (κ3) is 5.89. The Kier molecular flexibility index (Phi) is 6.92. The van der Waals surface area contributed by atoms with E-state index in [0.29, 0.717) is 24.8 Å². The molecule has 9 heteroatoms. The molecule has 0 spiro atoms. The Morgan fingerprint density at radius 2 is 1.93 bits per heavy atom. The number of ether oxygens (including phenoxy) is 2. The van der Waals surface area contributed by atoms with Gasteiger partial charge in [0.05, 0.1) is 24.6 Å². The van der Waals surface area contributed by atoms with Crippen LogP contribution in [0.5, 0.6) is 0 Å². The van der Waals surface area contributed by atoms with Crippen molar-refractivity contribution in [2.75, 3.05) is 36.5 Å². The molecule has 30 heavy (non-hydrogen) atoms. The zero-order valence-corrected chi connectivity index (χ0v) is 19.4. The van der Waals surface area contributed by atoms with Gasteiger partial charge in [-0.15, -0.1) is 0 Å². The van der Waals surface area contributed by atoms with Crippen LogP contribution >= 0.6 is 11.8 Å². The number of aryl methyl sites for hydroxylation is 1. The lowest BCUT2D eigenvalue weighted by Gasteiger charge is -2.29. The first-order chi connectivity index (χ1) is 14.1. The zero-order valence-electron chi connectivity index (χ0n) is 18.6. The first-order valence-corrected chi connectivity index (χ1v) is 11.1. The lowest BCUT2D eigenvalue weighted by Crippen LogP contribution is -2.36.